The van der Waals surface area contributed by atoms with Gasteiger partial charge < -0.3 is 14.9 Å². The minimum absolute atomic E-state index is 0.136. The Hall–Kier alpha value is -1.47. The number of amides is 2. The molecule has 0 aliphatic carbocycles. The molecule has 0 spiro atoms. The number of carboxylic acids is 1. The first kappa shape index (κ1) is 18.5. The van der Waals surface area contributed by atoms with Crippen molar-refractivity contribution >= 4 is 12.0 Å². The highest BCUT2D eigenvalue weighted by molar-refractivity contribution is 5.80. The smallest absolute Gasteiger partial charge is 0.406 e. The van der Waals surface area contributed by atoms with E-state index in [1.807, 2.05) is 13.8 Å². The zero-order chi connectivity index (χ0) is 15.9. The molecule has 0 rings (SSSR count). The van der Waals surface area contributed by atoms with Gasteiger partial charge in [-0.3, -0.25) is 4.79 Å². The summed E-state index contributed by atoms with van der Waals surface area (Å²) in [5.74, 6) is -1.33. The number of aliphatic carboxylic acids is 1. The number of alkyl halides is 3. The van der Waals surface area contributed by atoms with Gasteiger partial charge in [0.1, 0.15) is 13.1 Å². The molecule has 0 fully saturated rings. The summed E-state index contributed by atoms with van der Waals surface area (Å²) >= 11 is 0. The maximum absolute atomic E-state index is 12.4. The van der Waals surface area contributed by atoms with Crippen LogP contribution < -0.4 is 0 Å². The molecule has 0 saturated heterocycles. The van der Waals surface area contributed by atoms with Crippen LogP contribution in [-0.2, 0) is 4.79 Å². The lowest BCUT2D eigenvalue weighted by Crippen LogP contribution is -2.49. The van der Waals surface area contributed by atoms with E-state index in [2.05, 4.69) is 0 Å². The van der Waals surface area contributed by atoms with Gasteiger partial charge in [-0.1, -0.05) is 20.3 Å². The number of halogens is 3. The Balaban J connectivity index is 4.93. The van der Waals surface area contributed by atoms with E-state index in [1.165, 1.54) is 4.90 Å². The SMILES string of the molecule is CCC(C)CN(CC)C(=O)N(CC(=O)O)CC(F)(F)F. The van der Waals surface area contributed by atoms with E-state index >= 15 is 0 Å². The summed E-state index contributed by atoms with van der Waals surface area (Å²) in [5.41, 5.74) is 0. The first-order valence-electron chi connectivity index (χ1n) is 6.43. The fraction of sp³-hybridized carbons (Fsp3) is 0.833. The minimum Gasteiger partial charge on any atom is -0.480 e. The summed E-state index contributed by atoms with van der Waals surface area (Å²) in [5, 5.41) is 8.63. The standard InChI is InChI=1S/C12H21F3N2O3/c1-4-9(3)6-16(5-2)11(20)17(7-10(18)19)8-12(13,14)15/h9H,4-8H2,1-3H3,(H,18,19). The van der Waals surface area contributed by atoms with Gasteiger partial charge in [-0.05, 0) is 12.8 Å². The monoisotopic (exact) mass is 298 g/mol. The zero-order valence-electron chi connectivity index (χ0n) is 11.9. The first-order chi connectivity index (χ1) is 9.10. The van der Waals surface area contributed by atoms with E-state index in [4.69, 9.17) is 5.11 Å². The summed E-state index contributed by atoms with van der Waals surface area (Å²) in [4.78, 5) is 24.2. The van der Waals surface area contributed by atoms with Crippen molar-refractivity contribution in [3.63, 3.8) is 0 Å². The maximum atomic E-state index is 12.4. The molecular weight excluding hydrogens is 277 g/mol. The van der Waals surface area contributed by atoms with Gasteiger partial charge in [-0.2, -0.15) is 13.2 Å². The van der Waals surface area contributed by atoms with E-state index < -0.39 is 31.3 Å². The Morgan fingerprint density at radius 2 is 1.75 bits per heavy atom. The number of hydrogen-bond acceptors (Lipinski definition) is 2. The second-order valence-electron chi connectivity index (χ2n) is 4.70. The summed E-state index contributed by atoms with van der Waals surface area (Å²) in [6, 6.07) is -0.896. The van der Waals surface area contributed by atoms with Gasteiger partial charge in [0.25, 0.3) is 0 Å². The zero-order valence-corrected chi connectivity index (χ0v) is 11.9. The van der Waals surface area contributed by atoms with Gasteiger partial charge in [0.05, 0.1) is 0 Å². The van der Waals surface area contributed by atoms with Crippen molar-refractivity contribution < 1.29 is 27.9 Å². The van der Waals surface area contributed by atoms with Crippen LogP contribution in [0.4, 0.5) is 18.0 Å². The maximum Gasteiger partial charge on any atom is 0.406 e. The Morgan fingerprint density at radius 3 is 2.10 bits per heavy atom. The molecule has 5 nitrogen and oxygen atoms in total. The molecule has 1 N–H and O–H groups in total. The molecule has 0 saturated carbocycles. The molecule has 0 aromatic carbocycles. The Kier molecular flexibility index (Phi) is 7.38. The molecule has 20 heavy (non-hydrogen) atoms. The third-order valence-corrected chi connectivity index (χ3v) is 2.85. The molecule has 0 aromatic rings. The van der Waals surface area contributed by atoms with Crippen LogP contribution in [0.5, 0.6) is 0 Å². The van der Waals surface area contributed by atoms with E-state index in [1.54, 1.807) is 6.92 Å². The number of urea groups is 1. The molecule has 118 valence electrons. The fourth-order valence-corrected chi connectivity index (χ4v) is 1.62. The van der Waals surface area contributed by atoms with Gasteiger partial charge >= 0.3 is 18.2 Å². The number of hydrogen-bond donors (Lipinski definition) is 1. The summed E-state index contributed by atoms with van der Waals surface area (Å²) in [6.45, 7) is 3.45. The van der Waals surface area contributed by atoms with Gasteiger partial charge in [-0.25, -0.2) is 4.79 Å². The van der Waals surface area contributed by atoms with E-state index in [9.17, 15) is 22.8 Å². The highest BCUT2D eigenvalue weighted by Crippen LogP contribution is 2.18. The lowest BCUT2D eigenvalue weighted by atomic mass is 10.1. The molecule has 0 aliphatic heterocycles. The van der Waals surface area contributed by atoms with E-state index in [0.29, 0.717) is 11.4 Å². The Bertz CT molecular complexity index is 334. The second-order valence-corrected chi connectivity index (χ2v) is 4.70. The molecule has 8 heteroatoms. The minimum atomic E-state index is -4.62. The van der Waals surface area contributed by atoms with Crippen molar-refractivity contribution in [1.29, 1.82) is 0 Å². The summed E-state index contributed by atoms with van der Waals surface area (Å²) in [7, 11) is 0. The van der Waals surface area contributed by atoms with Crippen molar-refractivity contribution in [2.75, 3.05) is 26.2 Å². The van der Waals surface area contributed by atoms with E-state index in [0.717, 1.165) is 6.42 Å². The van der Waals surface area contributed by atoms with Crippen LogP contribution >= 0.6 is 0 Å². The lowest BCUT2D eigenvalue weighted by molar-refractivity contribution is -0.149. The normalized spacial score (nSPS) is 12.9. The van der Waals surface area contributed by atoms with Crippen LogP contribution in [0.3, 0.4) is 0 Å². The molecule has 0 heterocycles. The topological polar surface area (TPSA) is 60.9 Å². The summed E-state index contributed by atoms with van der Waals surface area (Å²) in [6.07, 6.45) is -3.84. The molecule has 0 bridgehead atoms. The molecule has 0 aliphatic rings. The van der Waals surface area contributed by atoms with Crippen LogP contribution in [0, 0.1) is 5.92 Å². The van der Waals surface area contributed by atoms with Crippen molar-refractivity contribution in [1.82, 2.24) is 9.80 Å². The van der Waals surface area contributed by atoms with Gasteiger partial charge in [0, 0.05) is 13.1 Å². The fourth-order valence-electron chi connectivity index (χ4n) is 1.62. The van der Waals surface area contributed by atoms with Crippen LogP contribution in [-0.4, -0.2) is 59.3 Å². The highest BCUT2D eigenvalue weighted by atomic mass is 19.4. The Labute approximate surface area is 116 Å². The predicted molar refractivity (Wildman–Crippen MR) is 67.4 cm³/mol. The largest absolute Gasteiger partial charge is 0.480 e. The van der Waals surface area contributed by atoms with E-state index in [-0.39, 0.29) is 12.5 Å². The van der Waals surface area contributed by atoms with Gasteiger partial charge in [-0.15, -0.1) is 0 Å². The second kappa shape index (κ2) is 7.96. The number of carboxylic acid groups (broad SMARTS) is 1. The third-order valence-electron chi connectivity index (χ3n) is 2.85. The lowest BCUT2D eigenvalue weighted by Gasteiger charge is -2.31. The molecule has 0 radical (unpaired) electrons. The van der Waals surface area contributed by atoms with Crippen molar-refractivity contribution in [2.45, 2.75) is 33.4 Å². The van der Waals surface area contributed by atoms with Crippen molar-refractivity contribution in [3.8, 4) is 0 Å². The number of nitrogens with zero attached hydrogens (tertiary/aromatic N) is 2. The summed E-state index contributed by atoms with van der Waals surface area (Å²) < 4.78 is 37.2. The average Bonchev–Trinajstić information content (AvgIpc) is 2.31. The molecule has 2 amide bonds. The van der Waals surface area contributed by atoms with Gasteiger partial charge in [0.2, 0.25) is 0 Å². The Morgan fingerprint density at radius 1 is 1.20 bits per heavy atom. The van der Waals surface area contributed by atoms with Gasteiger partial charge in [0.15, 0.2) is 0 Å². The quantitative estimate of drug-likeness (QED) is 0.785. The average molecular weight is 298 g/mol. The van der Waals surface area contributed by atoms with Crippen LogP contribution in [0.25, 0.3) is 0 Å². The van der Waals surface area contributed by atoms with Crippen LogP contribution in [0.2, 0.25) is 0 Å². The number of carbonyl (C=O) groups is 2. The molecule has 0 aromatic heterocycles. The van der Waals surface area contributed by atoms with Crippen molar-refractivity contribution in [3.05, 3.63) is 0 Å². The number of rotatable bonds is 7. The molecule has 1 atom stereocenters. The van der Waals surface area contributed by atoms with Crippen LogP contribution in [0.1, 0.15) is 27.2 Å². The molecule has 1 unspecified atom stereocenters. The predicted octanol–water partition coefficient (Wildman–Crippen LogP) is 2.42. The highest BCUT2D eigenvalue weighted by Gasteiger charge is 2.35. The molecular formula is C12H21F3N2O3. The number of carbonyl (C=O) groups excluding carboxylic acids is 1. The van der Waals surface area contributed by atoms with Crippen molar-refractivity contribution in [2.24, 2.45) is 5.92 Å². The first-order valence-corrected chi connectivity index (χ1v) is 6.43. The van der Waals surface area contributed by atoms with Crippen LogP contribution in [0.15, 0.2) is 0 Å². The third kappa shape index (κ3) is 7.20.